The van der Waals surface area contributed by atoms with Gasteiger partial charge in [0.25, 0.3) is 5.91 Å². The number of benzene rings is 1. The van der Waals surface area contributed by atoms with Gasteiger partial charge in [0.2, 0.25) is 0 Å². The van der Waals surface area contributed by atoms with Crippen molar-refractivity contribution >= 4 is 16.8 Å². The lowest BCUT2D eigenvalue weighted by atomic mass is 10.2. The Kier molecular flexibility index (Phi) is 3.78. The summed E-state index contributed by atoms with van der Waals surface area (Å²) in [5, 5.41) is 4.23. The molecule has 1 aromatic heterocycles. The van der Waals surface area contributed by atoms with E-state index in [4.69, 9.17) is 4.74 Å². The second-order valence-corrected chi connectivity index (χ2v) is 4.78. The molecule has 1 aromatic carbocycles. The Morgan fingerprint density at radius 1 is 1.30 bits per heavy atom. The molecule has 1 fully saturated rings. The number of amides is 1. The Bertz CT molecular complexity index is 609. The van der Waals surface area contributed by atoms with E-state index in [1.807, 2.05) is 35.2 Å². The molecule has 104 valence electrons. The van der Waals surface area contributed by atoms with E-state index in [9.17, 15) is 4.79 Å². The van der Waals surface area contributed by atoms with Crippen LogP contribution in [-0.4, -0.2) is 48.6 Å². The number of carbonyl (C=O) groups excluding carboxylic acids is 1. The third kappa shape index (κ3) is 2.88. The van der Waals surface area contributed by atoms with Gasteiger partial charge in [0.05, 0.1) is 11.7 Å². The van der Waals surface area contributed by atoms with Crippen LogP contribution in [0.5, 0.6) is 5.75 Å². The minimum Gasteiger partial charge on any atom is -0.482 e. The maximum Gasteiger partial charge on any atom is 0.260 e. The molecular weight excluding hydrogens is 254 g/mol. The highest BCUT2D eigenvalue weighted by Crippen LogP contribution is 2.17. The van der Waals surface area contributed by atoms with Gasteiger partial charge in [0.15, 0.2) is 6.61 Å². The molecule has 0 saturated carbocycles. The smallest absolute Gasteiger partial charge is 0.260 e. The van der Waals surface area contributed by atoms with Crippen molar-refractivity contribution in [2.75, 3.05) is 32.8 Å². The second kappa shape index (κ2) is 5.88. The summed E-state index contributed by atoms with van der Waals surface area (Å²) in [6.07, 6.45) is 1.66. The normalized spacial score (nSPS) is 15.3. The number of rotatable bonds is 3. The molecule has 5 heteroatoms. The summed E-state index contributed by atoms with van der Waals surface area (Å²) in [7, 11) is 0. The van der Waals surface area contributed by atoms with E-state index in [0.717, 1.165) is 37.1 Å². The topological polar surface area (TPSA) is 54.5 Å². The SMILES string of the molecule is O=C(COc1cnc2ccccc2c1)N1CCNCC1. The van der Waals surface area contributed by atoms with Gasteiger partial charge in [-0.3, -0.25) is 9.78 Å². The summed E-state index contributed by atoms with van der Waals surface area (Å²) in [4.78, 5) is 18.1. The van der Waals surface area contributed by atoms with Crippen LogP contribution < -0.4 is 10.1 Å². The third-order valence-electron chi connectivity index (χ3n) is 3.40. The van der Waals surface area contributed by atoms with Crippen molar-refractivity contribution in [1.82, 2.24) is 15.2 Å². The van der Waals surface area contributed by atoms with Crippen molar-refractivity contribution in [1.29, 1.82) is 0 Å². The van der Waals surface area contributed by atoms with Gasteiger partial charge in [-0.15, -0.1) is 0 Å². The first-order valence-corrected chi connectivity index (χ1v) is 6.79. The van der Waals surface area contributed by atoms with Crippen molar-refractivity contribution in [3.05, 3.63) is 36.5 Å². The number of hydrogen-bond donors (Lipinski definition) is 1. The molecule has 1 amide bonds. The second-order valence-electron chi connectivity index (χ2n) is 4.78. The Morgan fingerprint density at radius 3 is 2.95 bits per heavy atom. The number of aromatic nitrogens is 1. The van der Waals surface area contributed by atoms with E-state index in [1.54, 1.807) is 6.20 Å². The number of hydrogen-bond acceptors (Lipinski definition) is 4. The van der Waals surface area contributed by atoms with Gasteiger partial charge in [-0.2, -0.15) is 0 Å². The number of fused-ring (bicyclic) bond motifs is 1. The first-order valence-electron chi connectivity index (χ1n) is 6.79. The van der Waals surface area contributed by atoms with Crippen LogP contribution in [-0.2, 0) is 4.79 Å². The predicted molar refractivity (Wildman–Crippen MR) is 76.7 cm³/mol. The molecule has 1 N–H and O–H groups in total. The van der Waals surface area contributed by atoms with Gasteiger partial charge < -0.3 is 15.0 Å². The summed E-state index contributed by atoms with van der Waals surface area (Å²) >= 11 is 0. The molecule has 2 aromatic rings. The molecule has 0 bridgehead atoms. The van der Waals surface area contributed by atoms with Gasteiger partial charge in [-0.25, -0.2) is 0 Å². The van der Waals surface area contributed by atoms with E-state index in [2.05, 4.69) is 10.3 Å². The van der Waals surface area contributed by atoms with Gasteiger partial charge in [0.1, 0.15) is 5.75 Å². The number of nitrogens with zero attached hydrogens (tertiary/aromatic N) is 2. The van der Waals surface area contributed by atoms with Gasteiger partial charge in [-0.1, -0.05) is 18.2 Å². The lowest BCUT2D eigenvalue weighted by Gasteiger charge is -2.27. The van der Waals surface area contributed by atoms with E-state index in [-0.39, 0.29) is 12.5 Å². The van der Waals surface area contributed by atoms with Crippen molar-refractivity contribution in [3.63, 3.8) is 0 Å². The molecule has 1 aliphatic heterocycles. The van der Waals surface area contributed by atoms with Crippen LogP contribution in [0.4, 0.5) is 0 Å². The highest BCUT2D eigenvalue weighted by Gasteiger charge is 2.16. The van der Waals surface area contributed by atoms with Crippen molar-refractivity contribution in [2.24, 2.45) is 0 Å². The Morgan fingerprint density at radius 2 is 2.10 bits per heavy atom. The molecule has 5 nitrogen and oxygen atoms in total. The highest BCUT2D eigenvalue weighted by atomic mass is 16.5. The minimum atomic E-state index is 0.0275. The third-order valence-corrected chi connectivity index (χ3v) is 3.40. The van der Waals surface area contributed by atoms with Crippen LogP contribution >= 0.6 is 0 Å². The number of pyridine rings is 1. The molecule has 2 heterocycles. The number of para-hydroxylation sites is 1. The zero-order valence-corrected chi connectivity index (χ0v) is 11.2. The number of carbonyl (C=O) groups is 1. The number of nitrogens with one attached hydrogen (secondary N) is 1. The average Bonchev–Trinajstić information content (AvgIpc) is 2.53. The lowest BCUT2D eigenvalue weighted by molar-refractivity contribution is -0.133. The Balaban J connectivity index is 1.62. The minimum absolute atomic E-state index is 0.0275. The zero-order valence-electron chi connectivity index (χ0n) is 11.2. The van der Waals surface area contributed by atoms with Crippen LogP contribution in [0.25, 0.3) is 10.9 Å². The molecule has 3 rings (SSSR count). The van der Waals surface area contributed by atoms with E-state index in [0.29, 0.717) is 5.75 Å². The molecule has 0 unspecified atom stereocenters. The van der Waals surface area contributed by atoms with Crippen LogP contribution in [0.2, 0.25) is 0 Å². The highest BCUT2D eigenvalue weighted by molar-refractivity contribution is 5.80. The van der Waals surface area contributed by atoms with Gasteiger partial charge >= 0.3 is 0 Å². The molecule has 1 saturated heterocycles. The molecule has 0 spiro atoms. The molecule has 0 atom stereocenters. The Hall–Kier alpha value is -2.14. The fraction of sp³-hybridized carbons (Fsp3) is 0.333. The summed E-state index contributed by atoms with van der Waals surface area (Å²) in [5.74, 6) is 0.659. The van der Waals surface area contributed by atoms with E-state index in [1.165, 1.54) is 0 Å². The fourth-order valence-corrected chi connectivity index (χ4v) is 2.28. The number of piperazine rings is 1. The van der Waals surface area contributed by atoms with Crippen molar-refractivity contribution in [2.45, 2.75) is 0 Å². The lowest BCUT2D eigenvalue weighted by Crippen LogP contribution is -2.47. The van der Waals surface area contributed by atoms with E-state index < -0.39 is 0 Å². The number of ether oxygens (including phenoxy) is 1. The zero-order chi connectivity index (χ0) is 13.8. The van der Waals surface area contributed by atoms with Gasteiger partial charge in [-0.05, 0) is 12.1 Å². The van der Waals surface area contributed by atoms with E-state index >= 15 is 0 Å². The summed E-state index contributed by atoms with van der Waals surface area (Å²) in [6.45, 7) is 3.27. The first kappa shape index (κ1) is 12.9. The van der Waals surface area contributed by atoms with Crippen molar-refractivity contribution in [3.8, 4) is 5.75 Å². The molecule has 20 heavy (non-hydrogen) atoms. The monoisotopic (exact) mass is 271 g/mol. The fourth-order valence-electron chi connectivity index (χ4n) is 2.28. The standard InChI is InChI=1S/C15H17N3O2/c19-15(18-7-5-16-6-8-18)11-20-13-9-12-3-1-2-4-14(12)17-10-13/h1-4,9-10,16H,5-8,11H2. The first-order chi connectivity index (χ1) is 9.83. The predicted octanol–water partition coefficient (Wildman–Crippen LogP) is 1.05. The maximum absolute atomic E-state index is 12.0. The van der Waals surface area contributed by atoms with Crippen LogP contribution in [0.1, 0.15) is 0 Å². The molecular formula is C15H17N3O2. The summed E-state index contributed by atoms with van der Waals surface area (Å²) < 4.78 is 5.56. The Labute approximate surface area is 117 Å². The summed E-state index contributed by atoms with van der Waals surface area (Å²) in [6, 6.07) is 9.75. The van der Waals surface area contributed by atoms with Crippen LogP contribution in [0.15, 0.2) is 36.5 Å². The van der Waals surface area contributed by atoms with Crippen molar-refractivity contribution < 1.29 is 9.53 Å². The molecule has 1 aliphatic rings. The molecule has 0 aliphatic carbocycles. The molecule has 0 radical (unpaired) electrons. The van der Waals surface area contributed by atoms with Crippen LogP contribution in [0.3, 0.4) is 0 Å². The summed E-state index contributed by atoms with van der Waals surface area (Å²) in [5.41, 5.74) is 0.924. The van der Waals surface area contributed by atoms with Gasteiger partial charge in [0, 0.05) is 31.6 Å². The van der Waals surface area contributed by atoms with Crippen LogP contribution in [0, 0.1) is 0 Å². The average molecular weight is 271 g/mol. The quantitative estimate of drug-likeness (QED) is 0.906. The largest absolute Gasteiger partial charge is 0.482 e. The maximum atomic E-state index is 12.0.